The third-order valence-corrected chi connectivity index (χ3v) is 4.63. The minimum atomic E-state index is -0.480. The van der Waals surface area contributed by atoms with Crippen molar-refractivity contribution in [1.82, 2.24) is 9.97 Å². The summed E-state index contributed by atoms with van der Waals surface area (Å²) in [5.41, 5.74) is 1.87. The molecule has 0 saturated heterocycles. The van der Waals surface area contributed by atoms with E-state index in [0.717, 1.165) is 11.1 Å². The average Bonchev–Trinajstić information content (AvgIpc) is 3.10. The van der Waals surface area contributed by atoms with Crippen LogP contribution in [0.15, 0.2) is 95.0 Å². The van der Waals surface area contributed by atoms with Gasteiger partial charge >= 0.3 is 5.97 Å². The summed E-state index contributed by atoms with van der Waals surface area (Å²) in [4.78, 5) is 26.1. The number of cyclic esters (lactones) is 1. The molecule has 6 heteroatoms. The number of ether oxygens (including phenoxy) is 1. The summed E-state index contributed by atoms with van der Waals surface area (Å²) >= 11 is 1.29. The number of thioether (sulfide) groups is 1. The number of hydrogen-bond donors (Lipinski definition) is 0. The molecule has 3 aromatic rings. The largest absolute Gasteiger partial charge is 0.402 e. The molecule has 5 nitrogen and oxygen atoms in total. The van der Waals surface area contributed by atoms with E-state index in [4.69, 9.17) is 4.74 Å². The van der Waals surface area contributed by atoms with Gasteiger partial charge in [-0.25, -0.2) is 19.8 Å². The smallest absolute Gasteiger partial charge is 0.365 e. The minimum Gasteiger partial charge on any atom is -0.402 e. The van der Waals surface area contributed by atoms with Crippen LogP contribution >= 0.6 is 11.8 Å². The molecular formula is C20H13N3O2S. The number of aromatic nitrogens is 2. The lowest BCUT2D eigenvalue weighted by atomic mass is 10.2. The Bertz CT molecular complexity index is 987. The first-order valence-corrected chi connectivity index (χ1v) is 8.74. The Balaban J connectivity index is 1.81. The second-order valence-corrected chi connectivity index (χ2v) is 6.33. The van der Waals surface area contributed by atoms with E-state index >= 15 is 0 Å². The summed E-state index contributed by atoms with van der Waals surface area (Å²) in [6, 6.07) is 20.7. The highest BCUT2D eigenvalue weighted by molar-refractivity contribution is 8.08. The third-order valence-electron chi connectivity index (χ3n) is 3.60. The molecule has 2 aromatic carbocycles. The predicted octanol–water partition coefficient (Wildman–Crippen LogP) is 3.94. The number of benzene rings is 2. The van der Waals surface area contributed by atoms with Crippen molar-refractivity contribution in [3.05, 3.63) is 95.9 Å². The molecule has 0 atom stereocenters. The minimum absolute atomic E-state index is 0.257. The predicted molar refractivity (Wildman–Crippen MR) is 100 cm³/mol. The van der Waals surface area contributed by atoms with Crippen molar-refractivity contribution < 1.29 is 9.53 Å². The molecule has 0 bridgehead atoms. The van der Waals surface area contributed by atoms with Gasteiger partial charge in [0.25, 0.3) is 0 Å². The summed E-state index contributed by atoms with van der Waals surface area (Å²) < 4.78 is 5.40. The molecule has 0 N–H and O–H groups in total. The van der Waals surface area contributed by atoms with Gasteiger partial charge in [-0.05, 0) is 35.5 Å². The number of hydrogen-bond acceptors (Lipinski definition) is 6. The zero-order valence-corrected chi connectivity index (χ0v) is 14.4. The zero-order valence-electron chi connectivity index (χ0n) is 13.6. The van der Waals surface area contributed by atoms with Gasteiger partial charge in [-0.3, -0.25) is 0 Å². The third kappa shape index (κ3) is 3.41. The van der Waals surface area contributed by atoms with Crippen LogP contribution in [0.5, 0.6) is 0 Å². The number of rotatable bonds is 4. The molecule has 0 unspecified atom stereocenters. The highest BCUT2D eigenvalue weighted by Gasteiger charge is 2.28. The van der Waals surface area contributed by atoms with Crippen LogP contribution in [0.2, 0.25) is 0 Å². The van der Waals surface area contributed by atoms with Crippen LogP contribution in [0, 0.1) is 0 Å². The van der Waals surface area contributed by atoms with Crippen LogP contribution in [-0.4, -0.2) is 21.8 Å². The van der Waals surface area contributed by atoms with Crippen LogP contribution < -0.4 is 0 Å². The van der Waals surface area contributed by atoms with E-state index in [-0.39, 0.29) is 5.70 Å². The number of esters is 1. The van der Waals surface area contributed by atoms with E-state index in [1.54, 1.807) is 18.5 Å². The Labute approximate surface area is 154 Å². The SMILES string of the molecule is O=C1OC(c2ccccc2)=N/C1=C(\Sc1ncccn1)c1ccccc1. The molecular weight excluding hydrogens is 346 g/mol. The Morgan fingerprint density at radius 1 is 0.846 bits per heavy atom. The quantitative estimate of drug-likeness (QED) is 0.305. The highest BCUT2D eigenvalue weighted by Crippen LogP contribution is 2.37. The summed E-state index contributed by atoms with van der Waals surface area (Å²) in [6.45, 7) is 0. The van der Waals surface area contributed by atoms with Gasteiger partial charge in [-0.15, -0.1) is 0 Å². The maximum atomic E-state index is 12.5. The van der Waals surface area contributed by atoms with Gasteiger partial charge in [-0.1, -0.05) is 48.5 Å². The Hall–Kier alpha value is -3.25. The molecule has 1 aliphatic heterocycles. The molecule has 1 aliphatic rings. The molecule has 0 aliphatic carbocycles. The van der Waals surface area contributed by atoms with Crippen LogP contribution in [0.3, 0.4) is 0 Å². The van der Waals surface area contributed by atoms with E-state index in [2.05, 4.69) is 15.0 Å². The summed E-state index contributed by atoms with van der Waals surface area (Å²) in [6.07, 6.45) is 3.32. The summed E-state index contributed by atoms with van der Waals surface area (Å²) in [5, 5.41) is 0.537. The van der Waals surface area contributed by atoms with Crippen LogP contribution in [-0.2, 0) is 9.53 Å². The lowest BCUT2D eigenvalue weighted by molar-refractivity contribution is -0.129. The van der Waals surface area contributed by atoms with E-state index in [9.17, 15) is 4.79 Å². The van der Waals surface area contributed by atoms with Gasteiger partial charge in [0.2, 0.25) is 5.90 Å². The lowest BCUT2D eigenvalue weighted by Gasteiger charge is -2.07. The van der Waals surface area contributed by atoms with Crippen molar-refractivity contribution in [2.45, 2.75) is 5.16 Å². The normalized spacial score (nSPS) is 15.4. The topological polar surface area (TPSA) is 64.4 Å². The second kappa shape index (κ2) is 7.33. The van der Waals surface area contributed by atoms with Crippen LogP contribution in [0.25, 0.3) is 4.91 Å². The second-order valence-electron chi connectivity index (χ2n) is 5.35. The fourth-order valence-electron chi connectivity index (χ4n) is 2.42. The fourth-order valence-corrected chi connectivity index (χ4v) is 3.31. The van der Waals surface area contributed by atoms with E-state index in [1.165, 1.54) is 11.8 Å². The lowest BCUT2D eigenvalue weighted by Crippen LogP contribution is -2.05. The first-order valence-electron chi connectivity index (χ1n) is 7.92. The first kappa shape index (κ1) is 16.2. The first-order chi connectivity index (χ1) is 12.8. The zero-order chi connectivity index (χ0) is 17.8. The summed E-state index contributed by atoms with van der Waals surface area (Å²) in [7, 11) is 0. The van der Waals surface area contributed by atoms with Crippen molar-refractivity contribution in [2.75, 3.05) is 0 Å². The standard InChI is InChI=1S/C20H13N3O2S/c24-19-16(23-18(25-19)15-10-5-2-6-11-15)17(14-8-3-1-4-9-14)26-20-21-12-7-13-22-20/h1-13H/b17-16-. The van der Waals surface area contributed by atoms with Gasteiger partial charge in [0, 0.05) is 18.0 Å². The summed E-state index contributed by atoms with van der Waals surface area (Å²) in [5.74, 6) is -0.181. The molecule has 126 valence electrons. The Morgan fingerprint density at radius 3 is 2.19 bits per heavy atom. The molecule has 0 spiro atoms. The number of nitrogens with zero attached hydrogens (tertiary/aromatic N) is 3. The molecule has 1 aromatic heterocycles. The molecule has 0 radical (unpaired) electrons. The number of carbonyl (C=O) groups excluding carboxylic acids is 1. The van der Waals surface area contributed by atoms with Crippen LogP contribution in [0.4, 0.5) is 0 Å². The van der Waals surface area contributed by atoms with Crippen LogP contribution in [0.1, 0.15) is 11.1 Å². The molecule has 4 rings (SSSR count). The molecule has 0 amide bonds. The molecule has 2 heterocycles. The highest BCUT2D eigenvalue weighted by atomic mass is 32.2. The van der Waals surface area contributed by atoms with Gasteiger partial charge in [0.15, 0.2) is 10.9 Å². The van der Waals surface area contributed by atoms with Crippen molar-refractivity contribution in [2.24, 2.45) is 4.99 Å². The van der Waals surface area contributed by atoms with E-state index < -0.39 is 5.97 Å². The fraction of sp³-hybridized carbons (Fsp3) is 0. The molecule has 26 heavy (non-hydrogen) atoms. The van der Waals surface area contributed by atoms with Gasteiger partial charge in [0.1, 0.15) is 0 Å². The van der Waals surface area contributed by atoms with Crippen molar-refractivity contribution in [1.29, 1.82) is 0 Å². The molecule has 0 saturated carbocycles. The Morgan fingerprint density at radius 2 is 1.50 bits per heavy atom. The van der Waals surface area contributed by atoms with Crippen molar-refractivity contribution >= 4 is 28.5 Å². The maximum absolute atomic E-state index is 12.5. The van der Waals surface area contributed by atoms with Gasteiger partial charge in [-0.2, -0.15) is 0 Å². The number of carbonyl (C=O) groups is 1. The van der Waals surface area contributed by atoms with E-state index in [1.807, 2.05) is 60.7 Å². The van der Waals surface area contributed by atoms with E-state index in [0.29, 0.717) is 16.0 Å². The average molecular weight is 359 g/mol. The van der Waals surface area contributed by atoms with Gasteiger partial charge in [0.05, 0.1) is 4.91 Å². The molecule has 0 fully saturated rings. The maximum Gasteiger partial charge on any atom is 0.365 e. The van der Waals surface area contributed by atoms with Gasteiger partial charge < -0.3 is 4.74 Å². The van der Waals surface area contributed by atoms with Crippen molar-refractivity contribution in [3.63, 3.8) is 0 Å². The number of aliphatic imine (C=N–C) groups is 1. The van der Waals surface area contributed by atoms with Crippen molar-refractivity contribution in [3.8, 4) is 0 Å². The monoisotopic (exact) mass is 359 g/mol. The Kier molecular flexibility index (Phi) is 4.57.